The van der Waals surface area contributed by atoms with E-state index in [2.05, 4.69) is 27.8 Å². The molecular formula is C16H29N5. The molecule has 0 aromatic carbocycles. The summed E-state index contributed by atoms with van der Waals surface area (Å²) in [5.41, 5.74) is 0. The molecule has 1 saturated heterocycles. The lowest BCUT2D eigenvalue weighted by Crippen LogP contribution is -2.51. The molecule has 0 bridgehead atoms. The number of aromatic nitrogens is 3. The molecule has 2 N–H and O–H groups in total. The first-order chi connectivity index (χ1) is 10.3. The Balaban J connectivity index is 1.65. The highest BCUT2D eigenvalue weighted by atomic mass is 15.3. The Morgan fingerprint density at radius 1 is 1.24 bits per heavy atom. The van der Waals surface area contributed by atoms with Crippen LogP contribution in [0, 0.1) is 5.92 Å². The lowest BCUT2D eigenvalue weighted by molar-refractivity contribution is 0.172. The van der Waals surface area contributed by atoms with E-state index >= 15 is 0 Å². The smallest absolute Gasteiger partial charge is 0.149 e. The van der Waals surface area contributed by atoms with Crippen LogP contribution in [0.1, 0.15) is 63.7 Å². The van der Waals surface area contributed by atoms with Gasteiger partial charge in [-0.3, -0.25) is 0 Å². The zero-order chi connectivity index (χ0) is 14.7. The van der Waals surface area contributed by atoms with Crippen LogP contribution in [0.4, 0.5) is 0 Å². The van der Waals surface area contributed by atoms with Crippen molar-refractivity contribution in [2.75, 3.05) is 6.54 Å². The molecular weight excluding hydrogens is 262 g/mol. The van der Waals surface area contributed by atoms with Gasteiger partial charge in [0.25, 0.3) is 0 Å². The fourth-order valence-corrected chi connectivity index (χ4v) is 4.17. The van der Waals surface area contributed by atoms with Crippen LogP contribution in [-0.2, 0) is 7.05 Å². The minimum Gasteiger partial charge on any atom is -0.319 e. The second-order valence-electron chi connectivity index (χ2n) is 6.80. The van der Waals surface area contributed by atoms with Crippen molar-refractivity contribution in [3.05, 3.63) is 12.2 Å². The highest BCUT2D eigenvalue weighted by Gasteiger charge is 2.33. The van der Waals surface area contributed by atoms with E-state index in [0.717, 1.165) is 11.7 Å². The van der Waals surface area contributed by atoms with Crippen molar-refractivity contribution >= 4 is 0 Å². The molecule has 2 aliphatic rings. The first-order valence-corrected chi connectivity index (χ1v) is 8.59. The first kappa shape index (κ1) is 15.0. The summed E-state index contributed by atoms with van der Waals surface area (Å²) in [6, 6.07) is 1.59. The predicted molar refractivity (Wildman–Crippen MR) is 83.9 cm³/mol. The van der Waals surface area contributed by atoms with Gasteiger partial charge in [0, 0.05) is 19.1 Å². The molecule has 3 rings (SSSR count). The maximum Gasteiger partial charge on any atom is 0.149 e. The van der Waals surface area contributed by atoms with Crippen molar-refractivity contribution in [3.8, 4) is 0 Å². The minimum absolute atomic E-state index is 0.270. The molecule has 4 unspecified atom stereocenters. The fraction of sp³-hybridized carbons (Fsp3) is 0.875. The fourth-order valence-electron chi connectivity index (χ4n) is 4.17. The average molecular weight is 291 g/mol. The third kappa shape index (κ3) is 3.46. The van der Waals surface area contributed by atoms with Gasteiger partial charge in [-0.15, -0.1) is 10.2 Å². The molecule has 21 heavy (non-hydrogen) atoms. The largest absolute Gasteiger partial charge is 0.319 e. The van der Waals surface area contributed by atoms with E-state index < -0.39 is 0 Å². The molecule has 5 heteroatoms. The van der Waals surface area contributed by atoms with Crippen LogP contribution in [-0.4, -0.2) is 33.4 Å². The maximum absolute atomic E-state index is 4.25. The van der Waals surface area contributed by atoms with E-state index in [9.17, 15) is 0 Å². The third-order valence-corrected chi connectivity index (χ3v) is 5.28. The van der Waals surface area contributed by atoms with Crippen LogP contribution in [0.3, 0.4) is 0 Å². The van der Waals surface area contributed by atoms with E-state index in [-0.39, 0.29) is 6.04 Å². The Hall–Kier alpha value is -0.940. The number of hydrogen-bond acceptors (Lipinski definition) is 4. The molecule has 0 amide bonds. The quantitative estimate of drug-likeness (QED) is 0.892. The number of rotatable bonds is 4. The van der Waals surface area contributed by atoms with Crippen molar-refractivity contribution in [3.63, 3.8) is 0 Å². The Bertz CT molecular complexity index is 438. The number of nitrogens with one attached hydrogen (secondary N) is 2. The molecule has 5 nitrogen and oxygen atoms in total. The van der Waals surface area contributed by atoms with Crippen LogP contribution in [0.2, 0.25) is 0 Å². The summed E-state index contributed by atoms with van der Waals surface area (Å²) in [6.45, 7) is 3.41. The Labute approximate surface area is 127 Å². The summed E-state index contributed by atoms with van der Waals surface area (Å²) in [5.74, 6) is 1.81. The maximum atomic E-state index is 4.25. The van der Waals surface area contributed by atoms with E-state index in [0.29, 0.717) is 12.1 Å². The van der Waals surface area contributed by atoms with Gasteiger partial charge in [-0.1, -0.05) is 19.3 Å². The van der Waals surface area contributed by atoms with Gasteiger partial charge >= 0.3 is 0 Å². The van der Waals surface area contributed by atoms with Gasteiger partial charge in [0.15, 0.2) is 0 Å². The van der Waals surface area contributed by atoms with Gasteiger partial charge in [0.2, 0.25) is 0 Å². The lowest BCUT2D eigenvalue weighted by Gasteiger charge is -2.41. The minimum atomic E-state index is 0.270. The summed E-state index contributed by atoms with van der Waals surface area (Å²) in [4.78, 5) is 0. The summed E-state index contributed by atoms with van der Waals surface area (Å²) in [7, 11) is 2.02. The van der Waals surface area contributed by atoms with Gasteiger partial charge in [0.1, 0.15) is 12.2 Å². The van der Waals surface area contributed by atoms with Crippen molar-refractivity contribution in [1.29, 1.82) is 0 Å². The third-order valence-electron chi connectivity index (χ3n) is 5.28. The molecule has 2 fully saturated rings. The van der Waals surface area contributed by atoms with Gasteiger partial charge in [0.05, 0.1) is 6.04 Å². The molecule has 0 spiro atoms. The van der Waals surface area contributed by atoms with Gasteiger partial charge < -0.3 is 15.2 Å². The number of piperidine rings is 1. The second-order valence-corrected chi connectivity index (χ2v) is 6.80. The monoisotopic (exact) mass is 291 g/mol. The summed E-state index contributed by atoms with van der Waals surface area (Å²) < 4.78 is 2.02. The van der Waals surface area contributed by atoms with Crippen molar-refractivity contribution in [2.45, 2.75) is 70.0 Å². The molecule has 118 valence electrons. The summed E-state index contributed by atoms with van der Waals surface area (Å²) in [6.07, 6.45) is 11.3. The summed E-state index contributed by atoms with van der Waals surface area (Å²) in [5, 5.41) is 15.9. The van der Waals surface area contributed by atoms with E-state index in [1.807, 2.05) is 11.6 Å². The van der Waals surface area contributed by atoms with Crippen LogP contribution in [0.5, 0.6) is 0 Å². The molecule has 0 radical (unpaired) electrons. The van der Waals surface area contributed by atoms with E-state index in [4.69, 9.17) is 0 Å². The van der Waals surface area contributed by atoms with Crippen molar-refractivity contribution in [1.82, 2.24) is 25.4 Å². The first-order valence-electron chi connectivity index (χ1n) is 8.59. The Morgan fingerprint density at radius 2 is 2.05 bits per heavy atom. The molecule has 1 aromatic rings. The van der Waals surface area contributed by atoms with E-state index in [1.54, 1.807) is 6.33 Å². The molecule has 1 aliphatic carbocycles. The zero-order valence-corrected chi connectivity index (χ0v) is 13.4. The summed E-state index contributed by atoms with van der Waals surface area (Å²) >= 11 is 0. The molecule has 1 aliphatic heterocycles. The van der Waals surface area contributed by atoms with Crippen molar-refractivity contribution < 1.29 is 0 Å². The van der Waals surface area contributed by atoms with Gasteiger partial charge in [-0.2, -0.15) is 0 Å². The average Bonchev–Trinajstić information content (AvgIpc) is 2.95. The molecule has 1 aromatic heterocycles. The predicted octanol–water partition coefficient (Wildman–Crippen LogP) is 2.17. The second kappa shape index (κ2) is 6.88. The molecule has 1 saturated carbocycles. The Kier molecular flexibility index (Phi) is 4.91. The van der Waals surface area contributed by atoms with Crippen LogP contribution in [0.15, 0.2) is 6.33 Å². The normalized spacial score (nSPS) is 32.0. The molecule has 2 heterocycles. The highest BCUT2D eigenvalue weighted by molar-refractivity contribution is 4.97. The lowest BCUT2D eigenvalue weighted by atomic mass is 9.77. The van der Waals surface area contributed by atoms with Crippen LogP contribution < -0.4 is 10.6 Å². The Morgan fingerprint density at radius 3 is 2.76 bits per heavy atom. The topological polar surface area (TPSA) is 54.8 Å². The highest BCUT2D eigenvalue weighted by Crippen LogP contribution is 2.31. The number of hydrogen-bond donors (Lipinski definition) is 2. The number of nitrogens with zero attached hydrogens (tertiary/aromatic N) is 3. The zero-order valence-electron chi connectivity index (χ0n) is 13.4. The van der Waals surface area contributed by atoms with E-state index in [1.165, 1.54) is 51.5 Å². The standard InChI is InChI=1S/C16H29N5/c1-12(16-20-18-11-21(16)2)19-15-9-4-3-7-13(15)14-8-5-6-10-17-14/h11-15,17,19H,3-10H2,1-2H3. The van der Waals surface area contributed by atoms with Crippen molar-refractivity contribution in [2.24, 2.45) is 13.0 Å². The van der Waals surface area contributed by atoms with Gasteiger partial charge in [-0.05, 0) is 45.1 Å². The van der Waals surface area contributed by atoms with Gasteiger partial charge in [-0.25, -0.2) is 0 Å². The SMILES string of the molecule is CC(NC1CCCCC1C1CCCCN1)c1nncn1C. The number of aryl methyl sites for hydroxylation is 1. The van der Waals surface area contributed by atoms with Crippen LogP contribution in [0.25, 0.3) is 0 Å². The molecule has 4 atom stereocenters. The van der Waals surface area contributed by atoms with Crippen LogP contribution >= 0.6 is 0 Å².